The first kappa shape index (κ1) is 22.1. The van der Waals surface area contributed by atoms with Crippen molar-refractivity contribution >= 4 is 28.3 Å². The Labute approximate surface area is 166 Å². The topological polar surface area (TPSA) is 113 Å². The summed E-state index contributed by atoms with van der Waals surface area (Å²) in [6, 6.07) is 0. The van der Waals surface area contributed by atoms with Gasteiger partial charge in [-0.25, -0.2) is 8.42 Å². The maximum atomic E-state index is 12.9. The number of carbonyl (C=O) groups is 1. The fourth-order valence-electron chi connectivity index (χ4n) is 4.04. The fraction of sp³-hybridized carbons (Fsp3) is 0.765. The summed E-state index contributed by atoms with van der Waals surface area (Å²) in [5.74, 6) is 0.586. The smallest absolute Gasteiger partial charge is 0.246 e. The van der Waals surface area contributed by atoms with Crippen LogP contribution in [0.5, 0.6) is 0 Å². The zero-order valence-electron chi connectivity index (χ0n) is 15.8. The molecule has 154 valence electrons. The Hall–Kier alpha value is -1.16. The third-order valence-corrected chi connectivity index (χ3v) is 7.24. The van der Waals surface area contributed by atoms with E-state index < -0.39 is 15.6 Å². The molecule has 0 aromatic carbocycles. The summed E-state index contributed by atoms with van der Waals surface area (Å²) in [4.78, 5) is 12.9. The van der Waals surface area contributed by atoms with Crippen LogP contribution in [0, 0.1) is 19.8 Å². The number of hydrogen-bond acceptors (Lipinski definition) is 6. The number of carbonyl (C=O) groups excluding carboxylic acids is 1. The van der Waals surface area contributed by atoms with Crippen LogP contribution in [-0.4, -0.2) is 44.7 Å². The van der Waals surface area contributed by atoms with Crippen molar-refractivity contribution in [2.45, 2.75) is 62.8 Å². The van der Waals surface area contributed by atoms with Crippen molar-refractivity contribution in [1.82, 2.24) is 20.5 Å². The van der Waals surface area contributed by atoms with Crippen LogP contribution in [0.25, 0.3) is 0 Å². The Kier molecular flexibility index (Phi) is 7.29. The highest BCUT2D eigenvalue weighted by atomic mass is 35.5. The molecule has 0 radical (unpaired) electrons. The SMILES string of the molecule is Cc1noc(C)c1S(=O)(=O)NC1(C(=O)NCCC2CCNC2)CCCC1.Cl. The highest BCUT2D eigenvalue weighted by molar-refractivity contribution is 7.89. The molecule has 0 spiro atoms. The van der Waals surface area contributed by atoms with Crippen molar-refractivity contribution in [3.05, 3.63) is 11.5 Å². The molecule has 1 aliphatic carbocycles. The van der Waals surface area contributed by atoms with Crippen LogP contribution >= 0.6 is 12.4 Å². The largest absolute Gasteiger partial charge is 0.360 e. The second-order valence-electron chi connectivity index (χ2n) is 7.45. The minimum atomic E-state index is -3.88. The Morgan fingerprint density at radius 2 is 2.04 bits per heavy atom. The van der Waals surface area contributed by atoms with Crippen molar-refractivity contribution in [3.63, 3.8) is 0 Å². The van der Waals surface area contributed by atoms with Gasteiger partial charge in [-0.3, -0.25) is 4.79 Å². The number of hydrogen-bond donors (Lipinski definition) is 3. The number of nitrogens with zero attached hydrogens (tertiary/aromatic N) is 1. The average Bonchev–Trinajstić information content (AvgIpc) is 3.30. The van der Waals surface area contributed by atoms with Gasteiger partial charge in [-0.1, -0.05) is 18.0 Å². The summed E-state index contributed by atoms with van der Waals surface area (Å²) in [5, 5.41) is 9.99. The molecule has 2 heterocycles. The van der Waals surface area contributed by atoms with Crippen molar-refractivity contribution in [2.24, 2.45) is 5.92 Å². The van der Waals surface area contributed by atoms with E-state index in [1.165, 1.54) is 0 Å². The van der Waals surface area contributed by atoms with Crippen LogP contribution in [0.15, 0.2) is 9.42 Å². The van der Waals surface area contributed by atoms with Gasteiger partial charge in [0.25, 0.3) is 0 Å². The maximum Gasteiger partial charge on any atom is 0.246 e. The van der Waals surface area contributed by atoms with Gasteiger partial charge in [0.1, 0.15) is 16.1 Å². The van der Waals surface area contributed by atoms with Crippen molar-refractivity contribution in [3.8, 4) is 0 Å². The lowest BCUT2D eigenvalue weighted by atomic mass is 9.97. The van der Waals surface area contributed by atoms with Gasteiger partial charge in [0.2, 0.25) is 15.9 Å². The number of aromatic nitrogens is 1. The van der Waals surface area contributed by atoms with Gasteiger partial charge in [-0.05, 0) is 58.5 Å². The fourth-order valence-corrected chi connectivity index (χ4v) is 5.80. The number of nitrogens with one attached hydrogen (secondary N) is 3. The lowest BCUT2D eigenvalue weighted by Gasteiger charge is -2.28. The maximum absolute atomic E-state index is 12.9. The number of rotatable bonds is 7. The molecule has 1 aromatic rings. The van der Waals surface area contributed by atoms with E-state index in [4.69, 9.17) is 4.52 Å². The predicted molar refractivity (Wildman–Crippen MR) is 103 cm³/mol. The van der Waals surface area contributed by atoms with Crippen molar-refractivity contribution in [2.75, 3.05) is 19.6 Å². The van der Waals surface area contributed by atoms with Crippen molar-refractivity contribution in [1.29, 1.82) is 0 Å². The molecule has 0 bridgehead atoms. The Bertz CT molecular complexity index is 733. The molecular weight excluding hydrogens is 392 g/mol. The molecule has 1 saturated carbocycles. The lowest BCUT2D eigenvalue weighted by Crippen LogP contribution is -2.57. The van der Waals surface area contributed by atoms with Gasteiger partial charge >= 0.3 is 0 Å². The first-order valence-electron chi connectivity index (χ1n) is 9.30. The summed E-state index contributed by atoms with van der Waals surface area (Å²) in [5.41, 5.74) is -0.777. The van der Waals surface area contributed by atoms with E-state index in [9.17, 15) is 13.2 Å². The molecule has 10 heteroatoms. The Morgan fingerprint density at radius 3 is 2.59 bits per heavy atom. The summed E-state index contributed by atoms with van der Waals surface area (Å²) in [7, 11) is -3.88. The molecule has 1 aliphatic heterocycles. The molecule has 1 amide bonds. The van der Waals surface area contributed by atoms with Crippen LogP contribution < -0.4 is 15.4 Å². The van der Waals surface area contributed by atoms with E-state index in [-0.39, 0.29) is 29.0 Å². The molecule has 8 nitrogen and oxygen atoms in total. The minimum absolute atomic E-state index is 0. The molecule has 2 fully saturated rings. The number of sulfonamides is 1. The van der Waals surface area contributed by atoms with E-state index in [0.29, 0.717) is 31.0 Å². The first-order valence-corrected chi connectivity index (χ1v) is 10.8. The molecule has 1 aromatic heterocycles. The van der Waals surface area contributed by atoms with Gasteiger partial charge in [0.15, 0.2) is 5.76 Å². The number of halogens is 1. The molecule has 3 N–H and O–H groups in total. The van der Waals surface area contributed by atoms with Crippen molar-refractivity contribution < 1.29 is 17.7 Å². The minimum Gasteiger partial charge on any atom is -0.360 e. The molecule has 1 unspecified atom stereocenters. The predicted octanol–water partition coefficient (Wildman–Crippen LogP) is 1.42. The molecule has 1 saturated heterocycles. The zero-order valence-corrected chi connectivity index (χ0v) is 17.5. The van der Waals surface area contributed by atoms with Crippen LogP contribution in [0.3, 0.4) is 0 Å². The summed E-state index contributed by atoms with van der Waals surface area (Å²) in [6.45, 7) is 5.73. The second kappa shape index (κ2) is 8.89. The molecule has 2 aliphatic rings. The highest BCUT2D eigenvalue weighted by Gasteiger charge is 2.45. The third kappa shape index (κ3) is 4.82. The van der Waals surface area contributed by atoms with E-state index in [1.807, 2.05) is 0 Å². The molecule has 27 heavy (non-hydrogen) atoms. The normalized spacial score (nSPS) is 21.8. The number of aryl methyl sites for hydroxylation is 2. The molecular formula is C17H29ClN4O4S. The monoisotopic (exact) mass is 420 g/mol. The quantitative estimate of drug-likeness (QED) is 0.614. The summed E-state index contributed by atoms with van der Waals surface area (Å²) < 4.78 is 33.4. The van der Waals surface area contributed by atoms with Gasteiger partial charge in [-0.2, -0.15) is 4.72 Å². The molecule has 3 rings (SSSR count). The zero-order chi connectivity index (χ0) is 18.8. The summed E-state index contributed by atoms with van der Waals surface area (Å²) in [6.07, 6.45) is 4.69. The van der Waals surface area contributed by atoms with Crippen LogP contribution in [-0.2, 0) is 14.8 Å². The van der Waals surface area contributed by atoms with Crippen LogP contribution in [0.2, 0.25) is 0 Å². The first-order chi connectivity index (χ1) is 12.3. The Balaban J connectivity index is 0.00000261. The van der Waals surface area contributed by atoms with Crippen LogP contribution in [0.4, 0.5) is 0 Å². The number of amides is 1. The Morgan fingerprint density at radius 1 is 1.33 bits per heavy atom. The van der Waals surface area contributed by atoms with E-state index in [2.05, 4.69) is 20.5 Å². The molecule has 1 atom stereocenters. The lowest BCUT2D eigenvalue weighted by molar-refractivity contribution is -0.126. The standard InChI is InChI=1S/C17H28N4O4S.ClH/c1-12-15(13(2)25-20-12)26(23,24)21-17(7-3-4-8-17)16(22)19-10-6-14-5-9-18-11-14;/h14,18,21H,3-11H2,1-2H3,(H,19,22);1H. The van der Waals surface area contributed by atoms with E-state index in [1.54, 1.807) is 13.8 Å². The summed E-state index contributed by atoms with van der Waals surface area (Å²) >= 11 is 0. The van der Waals surface area contributed by atoms with Gasteiger partial charge < -0.3 is 15.2 Å². The van der Waals surface area contributed by atoms with Gasteiger partial charge in [0, 0.05) is 6.54 Å². The van der Waals surface area contributed by atoms with E-state index >= 15 is 0 Å². The third-order valence-electron chi connectivity index (χ3n) is 5.46. The average molecular weight is 421 g/mol. The van der Waals surface area contributed by atoms with Crippen LogP contribution in [0.1, 0.15) is 50.0 Å². The van der Waals surface area contributed by atoms with Gasteiger partial charge in [0.05, 0.1) is 0 Å². The highest BCUT2D eigenvalue weighted by Crippen LogP contribution is 2.32. The van der Waals surface area contributed by atoms with Gasteiger partial charge in [-0.15, -0.1) is 12.4 Å². The van der Waals surface area contributed by atoms with E-state index in [0.717, 1.165) is 38.8 Å². The second-order valence-corrected chi connectivity index (χ2v) is 9.07.